The maximum Gasteiger partial charge on any atom is 0.339 e. The van der Waals surface area contributed by atoms with Gasteiger partial charge in [0.25, 0.3) is 5.91 Å². The summed E-state index contributed by atoms with van der Waals surface area (Å²) in [6.07, 6.45) is -0.533. The second-order valence-corrected chi connectivity index (χ2v) is 3.78. The topological polar surface area (TPSA) is 95.4 Å². The van der Waals surface area contributed by atoms with E-state index in [0.717, 1.165) is 0 Å². The van der Waals surface area contributed by atoms with Gasteiger partial charge in [0, 0.05) is 5.69 Å². The van der Waals surface area contributed by atoms with Gasteiger partial charge in [-0.3, -0.25) is 4.79 Å². The van der Waals surface area contributed by atoms with Crippen LogP contribution in [0.4, 0.5) is 5.69 Å². The third kappa shape index (κ3) is 3.21. The number of primary amides is 1. The molecule has 1 rings (SSSR count). The molecule has 4 N–H and O–H groups in total. The van der Waals surface area contributed by atoms with Crippen molar-refractivity contribution in [1.29, 1.82) is 0 Å². The highest BCUT2D eigenvalue weighted by molar-refractivity contribution is 5.93. The van der Waals surface area contributed by atoms with E-state index in [-0.39, 0.29) is 0 Å². The Balaban J connectivity index is 2.86. The second-order valence-electron chi connectivity index (χ2n) is 3.78. The minimum Gasteiger partial charge on any atom is -0.449 e. The van der Waals surface area contributed by atoms with Crippen LogP contribution in [0.2, 0.25) is 0 Å². The lowest BCUT2D eigenvalue weighted by Crippen LogP contribution is -2.32. The molecule has 0 saturated carbocycles. The molecule has 5 nitrogen and oxygen atoms in total. The third-order valence-electron chi connectivity index (χ3n) is 2.41. The van der Waals surface area contributed by atoms with Crippen molar-refractivity contribution in [2.45, 2.75) is 26.4 Å². The standard InChI is InChI=1S/C12H16N2O3/c1-3-10(11(14)15)17-12(16)9-5-4-8(13)6-7(9)2/h4-6,10H,3,13H2,1-2H3,(H2,14,15). The molecule has 0 aliphatic rings. The second kappa shape index (κ2) is 5.34. The van der Waals surface area contributed by atoms with Crippen LogP contribution in [0.1, 0.15) is 29.3 Å². The van der Waals surface area contributed by atoms with Crippen LogP contribution in [0.5, 0.6) is 0 Å². The molecule has 0 fully saturated rings. The van der Waals surface area contributed by atoms with Gasteiger partial charge in [0.2, 0.25) is 0 Å². The molecule has 5 heteroatoms. The number of carbonyl (C=O) groups is 2. The fourth-order valence-electron chi connectivity index (χ4n) is 1.45. The van der Waals surface area contributed by atoms with Crippen LogP contribution >= 0.6 is 0 Å². The van der Waals surface area contributed by atoms with E-state index in [2.05, 4.69) is 0 Å². The summed E-state index contributed by atoms with van der Waals surface area (Å²) < 4.78 is 5.01. The van der Waals surface area contributed by atoms with Crippen molar-refractivity contribution in [2.75, 3.05) is 5.73 Å². The molecular formula is C12H16N2O3. The van der Waals surface area contributed by atoms with Crippen LogP contribution < -0.4 is 11.5 Å². The van der Waals surface area contributed by atoms with Crippen LogP contribution in [-0.4, -0.2) is 18.0 Å². The van der Waals surface area contributed by atoms with Gasteiger partial charge >= 0.3 is 5.97 Å². The molecule has 0 saturated heterocycles. The first kappa shape index (κ1) is 13.0. The van der Waals surface area contributed by atoms with Gasteiger partial charge < -0.3 is 16.2 Å². The van der Waals surface area contributed by atoms with Crippen LogP contribution in [0, 0.1) is 6.92 Å². The van der Waals surface area contributed by atoms with Gasteiger partial charge in [-0.25, -0.2) is 4.79 Å². The molecule has 0 aliphatic heterocycles. The van der Waals surface area contributed by atoms with E-state index >= 15 is 0 Å². The first-order valence-electron chi connectivity index (χ1n) is 5.32. The van der Waals surface area contributed by atoms with Crippen molar-refractivity contribution < 1.29 is 14.3 Å². The predicted octanol–water partition coefficient (Wildman–Crippen LogP) is 0.998. The van der Waals surface area contributed by atoms with Crippen molar-refractivity contribution in [3.8, 4) is 0 Å². The molecule has 0 heterocycles. The highest BCUT2D eigenvalue weighted by atomic mass is 16.5. The molecule has 17 heavy (non-hydrogen) atoms. The highest BCUT2D eigenvalue weighted by Gasteiger charge is 2.20. The minimum absolute atomic E-state index is 0.356. The van der Waals surface area contributed by atoms with E-state index < -0.39 is 18.0 Å². The number of esters is 1. The average Bonchev–Trinajstić information content (AvgIpc) is 2.24. The Morgan fingerprint density at radius 3 is 2.53 bits per heavy atom. The third-order valence-corrected chi connectivity index (χ3v) is 2.41. The maximum absolute atomic E-state index is 11.8. The average molecular weight is 236 g/mol. The lowest BCUT2D eigenvalue weighted by molar-refractivity contribution is -0.126. The number of benzene rings is 1. The summed E-state index contributed by atoms with van der Waals surface area (Å²) in [5.41, 5.74) is 12.3. The lowest BCUT2D eigenvalue weighted by atomic mass is 10.1. The summed E-state index contributed by atoms with van der Waals surface area (Å²) in [5.74, 6) is -1.21. The minimum atomic E-state index is -0.889. The number of carbonyl (C=O) groups excluding carboxylic acids is 2. The fourth-order valence-corrected chi connectivity index (χ4v) is 1.45. The Bertz CT molecular complexity index is 443. The molecule has 0 aliphatic carbocycles. The number of amides is 1. The highest BCUT2D eigenvalue weighted by Crippen LogP contribution is 2.14. The molecule has 1 aromatic carbocycles. The maximum atomic E-state index is 11.8. The summed E-state index contributed by atoms with van der Waals surface area (Å²) >= 11 is 0. The summed E-state index contributed by atoms with van der Waals surface area (Å²) in [7, 11) is 0. The number of rotatable bonds is 4. The van der Waals surface area contributed by atoms with E-state index in [9.17, 15) is 9.59 Å². The number of nitrogen functional groups attached to an aromatic ring is 1. The van der Waals surface area contributed by atoms with Crippen molar-refractivity contribution in [2.24, 2.45) is 5.73 Å². The molecule has 0 spiro atoms. The zero-order chi connectivity index (χ0) is 13.0. The lowest BCUT2D eigenvalue weighted by Gasteiger charge is -2.13. The normalized spacial score (nSPS) is 11.9. The first-order chi connectivity index (χ1) is 7.95. The number of nitrogens with two attached hydrogens (primary N) is 2. The zero-order valence-corrected chi connectivity index (χ0v) is 9.90. The first-order valence-corrected chi connectivity index (χ1v) is 5.32. The SMILES string of the molecule is CCC(OC(=O)c1ccc(N)cc1C)C(N)=O. The number of ether oxygens (including phenoxy) is 1. The number of aryl methyl sites for hydroxylation is 1. The van der Waals surface area contributed by atoms with E-state index in [1.807, 2.05) is 0 Å². The Morgan fingerprint density at radius 2 is 2.06 bits per heavy atom. The molecule has 0 aromatic heterocycles. The summed E-state index contributed by atoms with van der Waals surface area (Å²) in [6.45, 7) is 3.47. The van der Waals surface area contributed by atoms with E-state index in [0.29, 0.717) is 23.2 Å². The van der Waals surface area contributed by atoms with Gasteiger partial charge in [-0.05, 0) is 37.1 Å². The Hall–Kier alpha value is -2.04. The predicted molar refractivity (Wildman–Crippen MR) is 64.3 cm³/mol. The Kier molecular flexibility index (Phi) is 4.09. The van der Waals surface area contributed by atoms with Crippen molar-refractivity contribution >= 4 is 17.6 Å². The van der Waals surface area contributed by atoms with E-state index in [4.69, 9.17) is 16.2 Å². The zero-order valence-electron chi connectivity index (χ0n) is 9.90. The molecule has 1 unspecified atom stereocenters. The van der Waals surface area contributed by atoms with Crippen LogP contribution in [0.3, 0.4) is 0 Å². The Morgan fingerprint density at radius 1 is 1.41 bits per heavy atom. The molecule has 0 radical (unpaired) electrons. The van der Waals surface area contributed by atoms with Gasteiger partial charge in [-0.15, -0.1) is 0 Å². The molecule has 1 amide bonds. The fraction of sp³-hybridized carbons (Fsp3) is 0.333. The van der Waals surface area contributed by atoms with Gasteiger partial charge in [0.15, 0.2) is 6.10 Å². The van der Waals surface area contributed by atoms with Gasteiger partial charge in [0.1, 0.15) is 0 Å². The molecule has 1 aromatic rings. The van der Waals surface area contributed by atoms with Crippen molar-refractivity contribution in [3.63, 3.8) is 0 Å². The van der Waals surface area contributed by atoms with Crippen LogP contribution in [0.15, 0.2) is 18.2 Å². The van der Waals surface area contributed by atoms with Gasteiger partial charge in [-0.1, -0.05) is 6.92 Å². The largest absolute Gasteiger partial charge is 0.449 e. The van der Waals surface area contributed by atoms with Gasteiger partial charge in [0.05, 0.1) is 5.56 Å². The van der Waals surface area contributed by atoms with E-state index in [1.54, 1.807) is 32.0 Å². The monoisotopic (exact) mass is 236 g/mol. The smallest absolute Gasteiger partial charge is 0.339 e. The quantitative estimate of drug-likeness (QED) is 0.602. The summed E-state index contributed by atoms with van der Waals surface area (Å²) in [4.78, 5) is 22.7. The van der Waals surface area contributed by atoms with Crippen molar-refractivity contribution in [3.05, 3.63) is 29.3 Å². The number of anilines is 1. The van der Waals surface area contributed by atoms with Crippen LogP contribution in [-0.2, 0) is 9.53 Å². The summed E-state index contributed by atoms with van der Waals surface area (Å²) in [5, 5.41) is 0. The van der Waals surface area contributed by atoms with Gasteiger partial charge in [-0.2, -0.15) is 0 Å². The van der Waals surface area contributed by atoms with Crippen LogP contribution in [0.25, 0.3) is 0 Å². The number of hydrogen-bond donors (Lipinski definition) is 2. The summed E-state index contributed by atoms with van der Waals surface area (Å²) in [6, 6.07) is 4.84. The molecule has 0 bridgehead atoms. The van der Waals surface area contributed by atoms with Crippen molar-refractivity contribution in [1.82, 2.24) is 0 Å². The molecule has 1 atom stereocenters. The molecule has 92 valence electrons. The Labute approximate surface area is 99.7 Å². The number of hydrogen-bond acceptors (Lipinski definition) is 4. The van der Waals surface area contributed by atoms with E-state index in [1.165, 1.54) is 0 Å². The molecular weight excluding hydrogens is 220 g/mol.